The molecule has 0 spiro atoms. The third-order valence-corrected chi connectivity index (χ3v) is 4.06. The highest BCUT2D eigenvalue weighted by Crippen LogP contribution is 2.10. The average Bonchev–Trinajstić information content (AvgIpc) is 2.51. The summed E-state index contributed by atoms with van der Waals surface area (Å²) in [6, 6.07) is 8.42. The van der Waals surface area contributed by atoms with Gasteiger partial charge < -0.3 is 11.1 Å². The Bertz CT molecular complexity index is 456. The number of nitrogens with zero attached hydrogens (tertiary/aromatic N) is 1. The largest absolute Gasteiger partial charge is 0.350 e. The molecule has 0 aliphatic heterocycles. The summed E-state index contributed by atoms with van der Waals surface area (Å²) in [5, 5.41) is 2.93. The van der Waals surface area contributed by atoms with E-state index in [1.807, 2.05) is 6.92 Å². The molecule has 4 nitrogen and oxygen atoms in total. The number of amides is 1. The van der Waals surface area contributed by atoms with Crippen molar-refractivity contribution in [1.82, 2.24) is 10.2 Å². The van der Waals surface area contributed by atoms with Gasteiger partial charge in [0.25, 0.3) is 0 Å². The summed E-state index contributed by atoms with van der Waals surface area (Å²) < 4.78 is 0. The van der Waals surface area contributed by atoms with E-state index in [1.165, 1.54) is 5.56 Å². The molecule has 0 aliphatic rings. The molecule has 5 heteroatoms. The second-order valence-electron chi connectivity index (χ2n) is 6.13. The number of rotatable bonds is 9. The molecule has 0 saturated heterocycles. The van der Waals surface area contributed by atoms with Crippen molar-refractivity contribution in [3.05, 3.63) is 35.4 Å². The molecule has 0 radical (unpaired) electrons. The highest BCUT2D eigenvalue weighted by molar-refractivity contribution is 5.85. The van der Waals surface area contributed by atoms with Crippen LogP contribution in [0.25, 0.3) is 0 Å². The zero-order valence-electron chi connectivity index (χ0n) is 14.9. The van der Waals surface area contributed by atoms with Gasteiger partial charge in [-0.15, -0.1) is 12.4 Å². The Morgan fingerprint density at radius 3 is 2.13 bits per heavy atom. The Labute approximate surface area is 147 Å². The molecule has 1 aromatic carbocycles. The first kappa shape index (κ1) is 21.9. The molecule has 0 bridgehead atoms. The van der Waals surface area contributed by atoms with Crippen LogP contribution in [0.3, 0.4) is 0 Å². The zero-order valence-corrected chi connectivity index (χ0v) is 15.7. The van der Waals surface area contributed by atoms with E-state index in [4.69, 9.17) is 5.73 Å². The van der Waals surface area contributed by atoms with Gasteiger partial charge in [0.15, 0.2) is 0 Å². The molecule has 0 saturated carbocycles. The lowest BCUT2D eigenvalue weighted by Crippen LogP contribution is -2.51. The van der Waals surface area contributed by atoms with Crippen molar-refractivity contribution < 1.29 is 4.79 Å². The highest BCUT2D eigenvalue weighted by atomic mass is 35.5. The number of nitrogens with two attached hydrogens (primary N) is 1. The van der Waals surface area contributed by atoms with Crippen molar-refractivity contribution in [2.45, 2.75) is 59.2 Å². The molecule has 1 amide bonds. The molecule has 23 heavy (non-hydrogen) atoms. The predicted octanol–water partition coefficient (Wildman–Crippen LogP) is 3.08. The quantitative estimate of drug-likeness (QED) is 0.725. The first-order chi connectivity index (χ1) is 10.4. The number of benzene rings is 1. The van der Waals surface area contributed by atoms with Gasteiger partial charge in [-0.2, -0.15) is 0 Å². The Kier molecular flexibility index (Phi) is 10.1. The van der Waals surface area contributed by atoms with Gasteiger partial charge in [-0.05, 0) is 37.6 Å². The number of carbonyl (C=O) groups excluding carboxylic acids is 1. The van der Waals surface area contributed by atoms with Crippen LogP contribution in [-0.4, -0.2) is 29.4 Å². The summed E-state index contributed by atoms with van der Waals surface area (Å²) in [6.07, 6.45) is 1.60. The smallest absolute Gasteiger partial charge is 0.240 e. The first-order valence-corrected chi connectivity index (χ1v) is 8.30. The fourth-order valence-electron chi connectivity index (χ4n) is 2.49. The predicted molar refractivity (Wildman–Crippen MR) is 99.7 cm³/mol. The lowest BCUT2D eigenvalue weighted by atomic mass is 9.96. The van der Waals surface area contributed by atoms with Crippen molar-refractivity contribution in [2.75, 3.05) is 13.1 Å². The Morgan fingerprint density at radius 1 is 1.13 bits per heavy atom. The van der Waals surface area contributed by atoms with Crippen LogP contribution in [0.15, 0.2) is 24.3 Å². The number of nitrogens with one attached hydrogen (secondary N) is 1. The van der Waals surface area contributed by atoms with Crippen LogP contribution in [-0.2, 0) is 17.9 Å². The van der Waals surface area contributed by atoms with Crippen LogP contribution >= 0.6 is 12.4 Å². The van der Waals surface area contributed by atoms with Crippen molar-refractivity contribution in [3.8, 4) is 0 Å². The van der Waals surface area contributed by atoms with E-state index in [0.29, 0.717) is 13.0 Å². The van der Waals surface area contributed by atoms with Crippen molar-refractivity contribution >= 4 is 18.3 Å². The lowest BCUT2D eigenvalue weighted by Gasteiger charge is -2.23. The van der Waals surface area contributed by atoms with Gasteiger partial charge in [-0.1, -0.05) is 51.5 Å². The zero-order chi connectivity index (χ0) is 16.6. The lowest BCUT2D eigenvalue weighted by molar-refractivity contribution is -0.126. The normalized spacial score (nSPS) is 13.3. The minimum atomic E-state index is -0.780. The molecule has 3 N–H and O–H groups in total. The van der Waals surface area contributed by atoms with Gasteiger partial charge in [0.05, 0.1) is 5.54 Å². The standard InChI is InChI=1S/C18H31N3O.ClH/c1-5-12-18(4,19)17(22)20-13-15-8-10-16(11-9-15)14-21(6-2)7-3;/h8-11H,5-7,12-14,19H2,1-4H3,(H,20,22);1H. The average molecular weight is 342 g/mol. The molecule has 1 unspecified atom stereocenters. The summed E-state index contributed by atoms with van der Waals surface area (Å²) >= 11 is 0. The second kappa shape index (κ2) is 10.6. The maximum absolute atomic E-state index is 12.1. The number of halogens is 1. The third-order valence-electron chi connectivity index (χ3n) is 4.06. The van der Waals surface area contributed by atoms with E-state index in [9.17, 15) is 4.79 Å². The van der Waals surface area contributed by atoms with Crippen molar-refractivity contribution in [1.29, 1.82) is 0 Å². The maximum atomic E-state index is 12.1. The second-order valence-corrected chi connectivity index (χ2v) is 6.13. The molecule has 0 fully saturated rings. The third kappa shape index (κ3) is 7.34. The minimum absolute atomic E-state index is 0. The highest BCUT2D eigenvalue weighted by Gasteiger charge is 2.26. The van der Waals surface area contributed by atoms with Gasteiger partial charge in [-0.25, -0.2) is 0 Å². The van der Waals surface area contributed by atoms with Crippen LogP contribution in [0, 0.1) is 0 Å². The van der Waals surface area contributed by atoms with Gasteiger partial charge in [0.1, 0.15) is 0 Å². The molecular formula is C18H32ClN3O. The number of hydrogen-bond acceptors (Lipinski definition) is 3. The molecule has 0 aromatic heterocycles. The van der Waals surface area contributed by atoms with Gasteiger partial charge in [-0.3, -0.25) is 9.69 Å². The fourth-order valence-corrected chi connectivity index (χ4v) is 2.49. The Balaban J connectivity index is 0.00000484. The summed E-state index contributed by atoms with van der Waals surface area (Å²) in [6.45, 7) is 11.8. The van der Waals surface area contributed by atoms with Gasteiger partial charge in [0.2, 0.25) is 5.91 Å². The van der Waals surface area contributed by atoms with Crippen LogP contribution < -0.4 is 11.1 Å². The Morgan fingerprint density at radius 2 is 1.65 bits per heavy atom. The summed E-state index contributed by atoms with van der Waals surface area (Å²) in [4.78, 5) is 14.5. The van der Waals surface area contributed by atoms with E-state index in [0.717, 1.165) is 31.6 Å². The molecule has 1 atom stereocenters. The van der Waals surface area contributed by atoms with Crippen LogP contribution in [0.2, 0.25) is 0 Å². The summed E-state index contributed by atoms with van der Waals surface area (Å²) in [5.41, 5.74) is 7.65. The van der Waals surface area contributed by atoms with E-state index >= 15 is 0 Å². The topological polar surface area (TPSA) is 58.4 Å². The van der Waals surface area contributed by atoms with E-state index in [2.05, 4.69) is 48.3 Å². The molecule has 0 heterocycles. The first-order valence-electron chi connectivity index (χ1n) is 8.30. The fraction of sp³-hybridized carbons (Fsp3) is 0.611. The van der Waals surface area contributed by atoms with Crippen molar-refractivity contribution in [3.63, 3.8) is 0 Å². The molecule has 1 aromatic rings. The van der Waals surface area contributed by atoms with E-state index < -0.39 is 5.54 Å². The molecule has 1 rings (SSSR count). The summed E-state index contributed by atoms with van der Waals surface area (Å²) in [7, 11) is 0. The maximum Gasteiger partial charge on any atom is 0.240 e. The van der Waals surface area contributed by atoms with E-state index in [-0.39, 0.29) is 18.3 Å². The van der Waals surface area contributed by atoms with Crippen LogP contribution in [0.5, 0.6) is 0 Å². The van der Waals surface area contributed by atoms with Gasteiger partial charge in [0, 0.05) is 13.1 Å². The monoisotopic (exact) mass is 341 g/mol. The molecule has 0 aliphatic carbocycles. The molecular weight excluding hydrogens is 310 g/mol. The Hall–Kier alpha value is -1.10. The molecule has 132 valence electrons. The van der Waals surface area contributed by atoms with Gasteiger partial charge >= 0.3 is 0 Å². The summed E-state index contributed by atoms with van der Waals surface area (Å²) in [5.74, 6) is -0.0819. The van der Waals surface area contributed by atoms with Crippen molar-refractivity contribution in [2.24, 2.45) is 5.73 Å². The van der Waals surface area contributed by atoms with Crippen LogP contribution in [0.1, 0.15) is 51.7 Å². The van der Waals surface area contributed by atoms with E-state index in [1.54, 1.807) is 6.92 Å². The SMILES string of the molecule is CCCC(C)(N)C(=O)NCc1ccc(CN(CC)CC)cc1.Cl. The number of carbonyl (C=O) groups is 1. The number of hydrogen-bond donors (Lipinski definition) is 2. The van der Waals surface area contributed by atoms with Crippen LogP contribution in [0.4, 0.5) is 0 Å². The minimum Gasteiger partial charge on any atom is -0.350 e.